The lowest BCUT2D eigenvalue weighted by molar-refractivity contribution is -0.142. The number of benzene rings is 2. The Balaban J connectivity index is 1.83. The molecule has 0 atom stereocenters. The van der Waals surface area contributed by atoms with Gasteiger partial charge in [-0.15, -0.1) is 0 Å². The number of amides is 2. The minimum Gasteiger partial charge on any atom is -0.482 e. The SMILES string of the molecule is COC(=O)COc1ccc(/C=N\NC(=O)C(=O)Nc2ccccc2F)cc1. The highest BCUT2D eigenvalue weighted by Crippen LogP contribution is 2.12. The topological polar surface area (TPSA) is 106 Å². The summed E-state index contributed by atoms with van der Waals surface area (Å²) in [5.74, 6) is -2.81. The average Bonchev–Trinajstić information content (AvgIpc) is 2.68. The summed E-state index contributed by atoms with van der Waals surface area (Å²) in [7, 11) is 1.26. The number of carbonyl (C=O) groups is 3. The van der Waals surface area contributed by atoms with Crippen LogP contribution in [0.25, 0.3) is 0 Å². The molecule has 2 amide bonds. The van der Waals surface area contributed by atoms with Crippen LogP contribution < -0.4 is 15.5 Å². The first-order valence-corrected chi connectivity index (χ1v) is 7.68. The third-order valence-electron chi connectivity index (χ3n) is 3.17. The Morgan fingerprint density at radius 1 is 1.07 bits per heavy atom. The van der Waals surface area contributed by atoms with Gasteiger partial charge in [0, 0.05) is 0 Å². The molecule has 2 aromatic rings. The van der Waals surface area contributed by atoms with Crippen molar-refractivity contribution in [2.75, 3.05) is 19.0 Å². The fourth-order valence-corrected chi connectivity index (χ4v) is 1.81. The van der Waals surface area contributed by atoms with Crippen LogP contribution in [-0.2, 0) is 19.1 Å². The molecular formula is C18H16FN3O5. The van der Waals surface area contributed by atoms with Gasteiger partial charge in [-0.2, -0.15) is 5.10 Å². The summed E-state index contributed by atoms with van der Waals surface area (Å²) in [6, 6.07) is 11.9. The van der Waals surface area contributed by atoms with E-state index in [9.17, 15) is 18.8 Å². The molecule has 140 valence electrons. The Morgan fingerprint density at radius 2 is 1.78 bits per heavy atom. The van der Waals surface area contributed by atoms with E-state index in [1.807, 2.05) is 5.43 Å². The number of nitrogens with zero attached hydrogens (tertiary/aromatic N) is 1. The van der Waals surface area contributed by atoms with E-state index in [0.29, 0.717) is 11.3 Å². The predicted molar refractivity (Wildman–Crippen MR) is 94.7 cm³/mol. The van der Waals surface area contributed by atoms with Gasteiger partial charge in [-0.25, -0.2) is 14.6 Å². The first-order chi connectivity index (χ1) is 13.0. The lowest BCUT2D eigenvalue weighted by atomic mass is 10.2. The van der Waals surface area contributed by atoms with E-state index in [-0.39, 0.29) is 12.3 Å². The van der Waals surface area contributed by atoms with E-state index in [0.717, 1.165) is 6.07 Å². The van der Waals surface area contributed by atoms with Crippen LogP contribution in [0.1, 0.15) is 5.56 Å². The molecule has 9 heteroatoms. The Kier molecular flexibility index (Phi) is 7.00. The third-order valence-corrected chi connectivity index (χ3v) is 3.17. The largest absolute Gasteiger partial charge is 0.482 e. The second-order valence-electron chi connectivity index (χ2n) is 5.07. The van der Waals surface area contributed by atoms with Crippen molar-refractivity contribution in [1.82, 2.24) is 5.43 Å². The van der Waals surface area contributed by atoms with Crippen LogP contribution in [0.2, 0.25) is 0 Å². The number of nitrogens with one attached hydrogen (secondary N) is 2. The lowest BCUT2D eigenvalue weighted by Crippen LogP contribution is -2.32. The molecule has 2 rings (SSSR count). The summed E-state index contributed by atoms with van der Waals surface area (Å²) < 4.78 is 23.1. The molecule has 2 aromatic carbocycles. The standard InChI is InChI=1S/C18H16FN3O5/c1-26-16(23)11-27-13-8-6-12(7-9-13)10-20-22-18(25)17(24)21-15-5-3-2-4-14(15)19/h2-10H,11H2,1H3,(H,21,24)(H,22,25)/b20-10-. The van der Waals surface area contributed by atoms with Gasteiger partial charge in [0.05, 0.1) is 19.0 Å². The van der Waals surface area contributed by atoms with Gasteiger partial charge < -0.3 is 14.8 Å². The van der Waals surface area contributed by atoms with Crippen LogP contribution in [0.4, 0.5) is 10.1 Å². The molecule has 0 aliphatic carbocycles. The van der Waals surface area contributed by atoms with E-state index in [2.05, 4.69) is 15.2 Å². The summed E-state index contributed by atoms with van der Waals surface area (Å²) in [5, 5.41) is 5.79. The molecule has 0 saturated carbocycles. The van der Waals surface area contributed by atoms with E-state index in [4.69, 9.17) is 4.74 Å². The zero-order valence-corrected chi connectivity index (χ0v) is 14.3. The smallest absolute Gasteiger partial charge is 0.343 e. The van der Waals surface area contributed by atoms with Gasteiger partial charge in [0.1, 0.15) is 11.6 Å². The zero-order valence-electron chi connectivity index (χ0n) is 14.3. The van der Waals surface area contributed by atoms with Gasteiger partial charge in [0.2, 0.25) is 0 Å². The fraction of sp³-hybridized carbons (Fsp3) is 0.111. The molecule has 0 saturated heterocycles. The van der Waals surface area contributed by atoms with Gasteiger partial charge in [0.15, 0.2) is 6.61 Å². The highest BCUT2D eigenvalue weighted by atomic mass is 19.1. The molecule has 0 spiro atoms. The summed E-state index contributed by atoms with van der Waals surface area (Å²) in [4.78, 5) is 34.3. The van der Waals surface area contributed by atoms with Crippen molar-refractivity contribution in [3.63, 3.8) is 0 Å². The van der Waals surface area contributed by atoms with Crippen molar-refractivity contribution in [3.05, 3.63) is 59.9 Å². The highest BCUT2D eigenvalue weighted by molar-refractivity contribution is 6.39. The number of halogens is 1. The molecule has 0 bridgehead atoms. The molecule has 0 fully saturated rings. The lowest BCUT2D eigenvalue weighted by Gasteiger charge is -2.05. The number of methoxy groups -OCH3 is 1. The Morgan fingerprint density at radius 3 is 2.44 bits per heavy atom. The average molecular weight is 373 g/mol. The minimum atomic E-state index is -1.05. The van der Waals surface area contributed by atoms with Crippen LogP contribution in [0, 0.1) is 5.82 Å². The first-order valence-electron chi connectivity index (χ1n) is 7.68. The van der Waals surface area contributed by atoms with Crippen LogP contribution in [0.3, 0.4) is 0 Å². The maximum absolute atomic E-state index is 13.4. The number of hydrogen-bond donors (Lipinski definition) is 2. The van der Waals surface area contributed by atoms with Gasteiger partial charge in [-0.1, -0.05) is 12.1 Å². The predicted octanol–water partition coefficient (Wildman–Crippen LogP) is 1.47. The van der Waals surface area contributed by atoms with Gasteiger partial charge >= 0.3 is 17.8 Å². The van der Waals surface area contributed by atoms with Crippen LogP contribution in [-0.4, -0.2) is 37.7 Å². The highest BCUT2D eigenvalue weighted by Gasteiger charge is 2.14. The molecule has 0 aromatic heterocycles. The molecule has 0 heterocycles. The number of hydrogen-bond acceptors (Lipinski definition) is 6. The van der Waals surface area contributed by atoms with Crippen molar-refractivity contribution in [2.45, 2.75) is 0 Å². The first kappa shape index (κ1) is 19.6. The van der Waals surface area contributed by atoms with Crippen LogP contribution >= 0.6 is 0 Å². The van der Waals surface area contributed by atoms with Crippen molar-refractivity contribution >= 4 is 29.7 Å². The molecule has 2 N–H and O–H groups in total. The summed E-state index contributed by atoms with van der Waals surface area (Å²) in [6.07, 6.45) is 1.30. The fourth-order valence-electron chi connectivity index (χ4n) is 1.81. The van der Waals surface area contributed by atoms with Crippen molar-refractivity contribution in [3.8, 4) is 5.75 Å². The third kappa shape index (κ3) is 6.24. The quantitative estimate of drug-likeness (QED) is 0.345. The minimum absolute atomic E-state index is 0.107. The summed E-state index contributed by atoms with van der Waals surface area (Å²) in [6.45, 7) is -0.211. The van der Waals surface area contributed by atoms with Crippen LogP contribution in [0.15, 0.2) is 53.6 Å². The number of rotatable bonds is 6. The van der Waals surface area contributed by atoms with E-state index >= 15 is 0 Å². The number of ether oxygens (including phenoxy) is 2. The van der Waals surface area contributed by atoms with E-state index < -0.39 is 23.6 Å². The maximum atomic E-state index is 13.4. The normalized spacial score (nSPS) is 10.3. The van der Waals surface area contributed by atoms with Crippen LogP contribution in [0.5, 0.6) is 5.75 Å². The molecule has 0 aliphatic rings. The van der Waals surface area contributed by atoms with Crippen molar-refractivity contribution in [1.29, 1.82) is 0 Å². The second kappa shape index (κ2) is 9.66. The molecule has 0 radical (unpaired) electrons. The summed E-state index contributed by atoms with van der Waals surface area (Å²) >= 11 is 0. The van der Waals surface area contributed by atoms with Gasteiger partial charge in [-0.3, -0.25) is 9.59 Å². The Hall–Kier alpha value is -3.75. The van der Waals surface area contributed by atoms with Crippen molar-refractivity contribution < 1.29 is 28.2 Å². The van der Waals surface area contributed by atoms with Gasteiger partial charge in [-0.05, 0) is 42.0 Å². The molecular weight excluding hydrogens is 357 g/mol. The summed E-state index contributed by atoms with van der Waals surface area (Å²) in [5.41, 5.74) is 2.54. The molecule has 27 heavy (non-hydrogen) atoms. The number of esters is 1. The monoisotopic (exact) mass is 373 g/mol. The second-order valence-corrected chi connectivity index (χ2v) is 5.07. The Bertz CT molecular complexity index is 852. The van der Waals surface area contributed by atoms with E-state index in [1.54, 1.807) is 24.3 Å². The molecule has 0 unspecified atom stereocenters. The molecule has 8 nitrogen and oxygen atoms in total. The van der Waals surface area contributed by atoms with Gasteiger partial charge in [0.25, 0.3) is 0 Å². The van der Waals surface area contributed by atoms with Crippen molar-refractivity contribution in [2.24, 2.45) is 5.10 Å². The maximum Gasteiger partial charge on any atom is 0.343 e. The Labute approximate surface area is 154 Å². The zero-order chi connectivity index (χ0) is 19.6. The number of carbonyl (C=O) groups excluding carboxylic acids is 3. The number of anilines is 1. The van der Waals surface area contributed by atoms with E-state index in [1.165, 1.54) is 31.5 Å². The molecule has 0 aliphatic heterocycles. The number of hydrazone groups is 1. The number of para-hydroxylation sites is 1.